The first-order chi connectivity index (χ1) is 12.8. The van der Waals surface area contributed by atoms with E-state index in [4.69, 9.17) is 0 Å². The monoisotopic (exact) mass is 348 g/mol. The maximum Gasteiger partial charge on any atom is 0.278 e. The molecule has 0 radical (unpaired) electrons. The summed E-state index contributed by atoms with van der Waals surface area (Å²) in [6.07, 6.45) is 7.26. The normalized spacial score (nSPS) is 20.8. The highest BCUT2D eigenvalue weighted by Crippen LogP contribution is 2.50. The highest BCUT2D eigenvalue weighted by molar-refractivity contribution is 6.06. The van der Waals surface area contributed by atoms with Crippen LogP contribution >= 0.6 is 0 Å². The molecule has 3 aliphatic rings. The fourth-order valence-electron chi connectivity index (χ4n) is 4.98. The average molecular weight is 348 g/mol. The second-order valence-electron chi connectivity index (χ2n) is 7.87. The van der Waals surface area contributed by atoms with Crippen molar-refractivity contribution in [1.82, 2.24) is 10.2 Å². The third kappa shape index (κ3) is 2.41. The van der Waals surface area contributed by atoms with E-state index in [1.54, 1.807) is 0 Å². The maximum atomic E-state index is 13.2. The second kappa shape index (κ2) is 6.08. The number of anilines is 2. The number of rotatable bonds is 2. The molecule has 1 saturated heterocycles. The number of fused-ring (bicyclic) bond motifs is 2. The van der Waals surface area contributed by atoms with Gasteiger partial charge in [-0.2, -0.15) is 0 Å². The van der Waals surface area contributed by atoms with Crippen LogP contribution in [0.3, 0.4) is 0 Å². The summed E-state index contributed by atoms with van der Waals surface area (Å²) in [5.41, 5.74) is 2.99. The topological polar surface area (TPSA) is 49.3 Å². The molecule has 2 aliphatic heterocycles. The Morgan fingerprint density at radius 3 is 2.42 bits per heavy atom. The third-order valence-corrected chi connectivity index (χ3v) is 6.33. The molecule has 26 heavy (non-hydrogen) atoms. The van der Waals surface area contributed by atoms with E-state index < -0.39 is 0 Å². The van der Waals surface area contributed by atoms with Crippen LogP contribution in [0.25, 0.3) is 0 Å². The van der Waals surface area contributed by atoms with Gasteiger partial charge in [0.2, 0.25) is 0 Å². The van der Waals surface area contributed by atoms with Gasteiger partial charge in [-0.1, -0.05) is 31.0 Å². The van der Waals surface area contributed by atoms with Crippen molar-refractivity contribution < 1.29 is 4.79 Å². The van der Waals surface area contributed by atoms with E-state index in [1.807, 2.05) is 23.1 Å². The number of para-hydroxylation sites is 1. The van der Waals surface area contributed by atoms with Gasteiger partial charge in [-0.3, -0.25) is 4.79 Å². The lowest BCUT2D eigenvalue weighted by Crippen LogP contribution is -2.36. The van der Waals surface area contributed by atoms with Crippen LogP contribution in [0, 0.1) is 0 Å². The minimum absolute atomic E-state index is 0.0262. The second-order valence-corrected chi connectivity index (χ2v) is 7.87. The van der Waals surface area contributed by atoms with E-state index in [0.29, 0.717) is 5.69 Å². The smallest absolute Gasteiger partial charge is 0.278 e. The number of carbonyl (C=O) groups is 1. The molecule has 0 atom stereocenters. The van der Waals surface area contributed by atoms with Crippen molar-refractivity contribution in [2.24, 2.45) is 0 Å². The number of nitrogens with zero attached hydrogens (tertiary/aromatic N) is 4. The Balaban J connectivity index is 1.43. The van der Waals surface area contributed by atoms with Gasteiger partial charge in [0, 0.05) is 30.7 Å². The number of amides is 1. The predicted octanol–water partition coefficient (Wildman–Crippen LogP) is 3.55. The largest absolute Gasteiger partial charge is 0.355 e. The summed E-state index contributed by atoms with van der Waals surface area (Å²) < 4.78 is 0. The van der Waals surface area contributed by atoms with Gasteiger partial charge in [0.25, 0.3) is 5.91 Å². The lowest BCUT2D eigenvalue weighted by Gasteiger charge is -2.24. The van der Waals surface area contributed by atoms with Crippen molar-refractivity contribution in [3.8, 4) is 0 Å². The molecule has 0 unspecified atom stereocenters. The van der Waals surface area contributed by atoms with Gasteiger partial charge in [-0.25, -0.2) is 0 Å². The van der Waals surface area contributed by atoms with E-state index in [-0.39, 0.29) is 11.3 Å². The molecule has 5 nitrogen and oxygen atoms in total. The van der Waals surface area contributed by atoms with Crippen molar-refractivity contribution in [3.63, 3.8) is 0 Å². The lowest BCUT2D eigenvalue weighted by molar-refractivity contribution is 0.0979. The molecule has 1 aromatic heterocycles. The Morgan fingerprint density at radius 1 is 0.923 bits per heavy atom. The number of aromatic nitrogens is 2. The van der Waals surface area contributed by atoms with Crippen molar-refractivity contribution >= 4 is 17.4 Å². The van der Waals surface area contributed by atoms with Crippen LogP contribution in [-0.2, 0) is 5.41 Å². The highest BCUT2D eigenvalue weighted by Gasteiger charge is 2.46. The first-order valence-electron chi connectivity index (χ1n) is 9.77. The van der Waals surface area contributed by atoms with Crippen molar-refractivity contribution in [3.05, 3.63) is 47.7 Å². The van der Waals surface area contributed by atoms with E-state index >= 15 is 0 Å². The van der Waals surface area contributed by atoms with E-state index in [1.165, 1.54) is 44.1 Å². The van der Waals surface area contributed by atoms with Crippen molar-refractivity contribution in [2.45, 2.75) is 43.9 Å². The summed E-state index contributed by atoms with van der Waals surface area (Å²) in [4.78, 5) is 17.4. The molecular weight excluding hydrogens is 324 g/mol. The summed E-state index contributed by atoms with van der Waals surface area (Å²) in [6.45, 7) is 2.84. The molecule has 1 aromatic carbocycles. The van der Waals surface area contributed by atoms with Gasteiger partial charge in [0.1, 0.15) is 0 Å². The molecule has 3 heterocycles. The molecule has 2 fully saturated rings. The van der Waals surface area contributed by atoms with Crippen LogP contribution < -0.4 is 9.80 Å². The number of carbonyl (C=O) groups excluding carboxylic acids is 1. The third-order valence-electron chi connectivity index (χ3n) is 6.33. The molecule has 1 saturated carbocycles. The molecule has 0 bridgehead atoms. The quantitative estimate of drug-likeness (QED) is 0.833. The number of hydrogen-bond acceptors (Lipinski definition) is 4. The van der Waals surface area contributed by atoms with E-state index in [0.717, 1.165) is 31.1 Å². The molecule has 5 rings (SSSR count). The Labute approximate surface area is 154 Å². The molecule has 5 heteroatoms. The van der Waals surface area contributed by atoms with Crippen LogP contribution in [0.2, 0.25) is 0 Å². The molecule has 1 spiro atoms. The summed E-state index contributed by atoms with van der Waals surface area (Å²) in [5, 5.41) is 8.60. The predicted molar refractivity (Wildman–Crippen MR) is 102 cm³/mol. The Kier molecular flexibility index (Phi) is 3.69. The van der Waals surface area contributed by atoms with Gasteiger partial charge in [-0.05, 0) is 49.4 Å². The Morgan fingerprint density at radius 2 is 1.69 bits per heavy atom. The zero-order valence-electron chi connectivity index (χ0n) is 15.0. The molecule has 1 amide bonds. The fraction of sp³-hybridized carbons (Fsp3) is 0.476. The number of benzene rings is 1. The van der Waals surface area contributed by atoms with Gasteiger partial charge in [0.05, 0.1) is 0 Å². The zero-order chi connectivity index (χ0) is 17.6. The first kappa shape index (κ1) is 15.8. The van der Waals surface area contributed by atoms with Crippen LogP contribution in [0.5, 0.6) is 0 Å². The zero-order valence-corrected chi connectivity index (χ0v) is 15.0. The minimum atomic E-state index is -0.0262. The van der Waals surface area contributed by atoms with E-state index in [2.05, 4.69) is 33.3 Å². The van der Waals surface area contributed by atoms with Gasteiger partial charge in [0.15, 0.2) is 11.5 Å². The van der Waals surface area contributed by atoms with Crippen molar-refractivity contribution in [1.29, 1.82) is 0 Å². The maximum absolute atomic E-state index is 13.2. The van der Waals surface area contributed by atoms with E-state index in [9.17, 15) is 4.79 Å². The molecule has 0 N–H and O–H groups in total. The molecule has 134 valence electrons. The van der Waals surface area contributed by atoms with Crippen LogP contribution in [0.1, 0.15) is 54.6 Å². The highest BCUT2D eigenvalue weighted by atomic mass is 16.2. The molecule has 2 aromatic rings. The van der Waals surface area contributed by atoms with Crippen LogP contribution in [0.15, 0.2) is 36.4 Å². The average Bonchev–Trinajstić information content (AvgIpc) is 3.44. The standard InChI is InChI=1S/C21H24N4O/c26-20(17-9-10-19(23-22-17)24-13-5-6-14-24)25-15-21(11-3-4-12-21)16-7-1-2-8-18(16)25/h1-2,7-10H,3-6,11-15H2. The summed E-state index contributed by atoms with van der Waals surface area (Å²) >= 11 is 0. The summed E-state index contributed by atoms with van der Waals surface area (Å²) in [7, 11) is 0. The SMILES string of the molecule is O=C(c1ccc(N2CCCC2)nn1)N1CC2(CCCC2)c2ccccc21. The van der Waals surface area contributed by atoms with Crippen LogP contribution in [-0.4, -0.2) is 35.7 Å². The first-order valence-corrected chi connectivity index (χ1v) is 9.77. The van der Waals surface area contributed by atoms with Gasteiger partial charge >= 0.3 is 0 Å². The van der Waals surface area contributed by atoms with Crippen molar-refractivity contribution in [2.75, 3.05) is 29.4 Å². The van der Waals surface area contributed by atoms with Gasteiger partial charge < -0.3 is 9.80 Å². The fourth-order valence-corrected chi connectivity index (χ4v) is 4.98. The summed E-state index contributed by atoms with van der Waals surface area (Å²) in [6, 6.07) is 12.2. The molecular formula is C21H24N4O. The summed E-state index contributed by atoms with van der Waals surface area (Å²) in [5.74, 6) is 0.856. The lowest BCUT2D eigenvalue weighted by atomic mass is 9.81. The van der Waals surface area contributed by atoms with Gasteiger partial charge in [-0.15, -0.1) is 10.2 Å². The molecule has 1 aliphatic carbocycles. The number of hydrogen-bond donors (Lipinski definition) is 0. The minimum Gasteiger partial charge on any atom is -0.355 e. The Hall–Kier alpha value is -2.43. The Bertz CT molecular complexity index is 820. The van der Waals surface area contributed by atoms with Crippen LogP contribution in [0.4, 0.5) is 11.5 Å².